The molecular weight excluding hydrogens is 332 g/mol. The summed E-state index contributed by atoms with van der Waals surface area (Å²) in [5, 5.41) is 10.8. The van der Waals surface area contributed by atoms with Crippen LogP contribution >= 0.6 is 0 Å². The molecule has 2 heterocycles. The van der Waals surface area contributed by atoms with Crippen molar-refractivity contribution in [2.45, 2.75) is 19.5 Å². The van der Waals surface area contributed by atoms with Gasteiger partial charge in [0, 0.05) is 46.0 Å². The summed E-state index contributed by atoms with van der Waals surface area (Å²) < 4.78 is 6.83. The van der Waals surface area contributed by atoms with E-state index in [1.165, 1.54) is 5.56 Å². The van der Waals surface area contributed by atoms with E-state index in [4.69, 9.17) is 4.74 Å². The number of nitrogens with one attached hydrogen (secondary N) is 1. The Kier molecular flexibility index (Phi) is 6.06. The number of aromatic nitrogens is 3. The fourth-order valence-corrected chi connectivity index (χ4v) is 3.08. The molecule has 0 aliphatic carbocycles. The number of aryl methyl sites for hydroxylation is 1. The second-order valence-corrected chi connectivity index (χ2v) is 6.51. The molecule has 0 radical (unpaired) electrons. The van der Waals surface area contributed by atoms with E-state index < -0.39 is 0 Å². The van der Waals surface area contributed by atoms with Crippen LogP contribution in [0.15, 0.2) is 30.5 Å². The van der Waals surface area contributed by atoms with E-state index in [0.29, 0.717) is 6.54 Å². The zero-order chi connectivity index (χ0) is 18.4. The van der Waals surface area contributed by atoms with Crippen molar-refractivity contribution >= 4 is 6.03 Å². The predicted octanol–water partition coefficient (Wildman–Crippen LogP) is 1.24. The Morgan fingerprint density at radius 2 is 2.00 bits per heavy atom. The molecule has 1 aliphatic heterocycles. The highest BCUT2D eigenvalue weighted by Crippen LogP contribution is 2.14. The molecule has 26 heavy (non-hydrogen) atoms. The number of rotatable bonds is 5. The molecule has 8 nitrogen and oxygen atoms in total. The maximum atomic E-state index is 12.4. The first-order chi connectivity index (χ1) is 12.6. The van der Waals surface area contributed by atoms with Crippen molar-refractivity contribution in [1.29, 1.82) is 0 Å². The molecule has 1 aromatic carbocycles. The smallest absolute Gasteiger partial charge is 0.317 e. The maximum absolute atomic E-state index is 12.4. The lowest BCUT2D eigenvalue weighted by molar-refractivity contribution is 0.197. The van der Waals surface area contributed by atoms with Gasteiger partial charge in [0.2, 0.25) is 0 Å². The molecule has 0 bridgehead atoms. The van der Waals surface area contributed by atoms with Gasteiger partial charge in [-0.2, -0.15) is 0 Å². The van der Waals surface area contributed by atoms with Gasteiger partial charge in [-0.05, 0) is 24.1 Å². The second-order valence-electron chi connectivity index (χ2n) is 6.51. The van der Waals surface area contributed by atoms with Crippen molar-refractivity contribution in [3.8, 4) is 5.75 Å². The minimum absolute atomic E-state index is 0.0399. The van der Waals surface area contributed by atoms with Gasteiger partial charge in [-0.15, -0.1) is 5.10 Å². The largest absolute Gasteiger partial charge is 0.497 e. The number of carbonyl (C=O) groups excluding carboxylic acids is 1. The Morgan fingerprint density at radius 1 is 1.19 bits per heavy atom. The second kappa shape index (κ2) is 8.66. The van der Waals surface area contributed by atoms with E-state index in [-0.39, 0.29) is 6.03 Å². The number of ether oxygens (including phenoxy) is 1. The number of hydrogen-bond donors (Lipinski definition) is 1. The number of amides is 2. The average Bonchev–Trinajstić information content (AvgIpc) is 2.93. The summed E-state index contributed by atoms with van der Waals surface area (Å²) in [6, 6.07) is 8.12. The zero-order valence-electron chi connectivity index (χ0n) is 15.4. The molecule has 1 aromatic heterocycles. The van der Waals surface area contributed by atoms with Crippen molar-refractivity contribution in [3.05, 3.63) is 41.7 Å². The third-order valence-corrected chi connectivity index (χ3v) is 4.51. The Balaban J connectivity index is 1.46. The summed E-state index contributed by atoms with van der Waals surface area (Å²) in [6.07, 6.45) is 2.77. The molecule has 2 amide bonds. The maximum Gasteiger partial charge on any atom is 0.317 e. The molecule has 140 valence electrons. The quantitative estimate of drug-likeness (QED) is 0.870. The number of benzene rings is 1. The molecule has 0 atom stereocenters. The molecule has 1 aliphatic rings. The van der Waals surface area contributed by atoms with Gasteiger partial charge in [-0.3, -0.25) is 9.58 Å². The summed E-state index contributed by atoms with van der Waals surface area (Å²) in [7, 11) is 3.48. The molecule has 1 saturated heterocycles. The Bertz CT molecular complexity index is 715. The van der Waals surface area contributed by atoms with E-state index in [2.05, 4.69) is 32.7 Å². The zero-order valence-corrected chi connectivity index (χ0v) is 15.4. The normalized spacial score (nSPS) is 15.5. The predicted molar refractivity (Wildman–Crippen MR) is 97.7 cm³/mol. The van der Waals surface area contributed by atoms with Crippen molar-refractivity contribution < 1.29 is 9.53 Å². The molecule has 0 spiro atoms. The number of hydrogen-bond acceptors (Lipinski definition) is 5. The Morgan fingerprint density at radius 3 is 2.69 bits per heavy atom. The van der Waals surface area contributed by atoms with Crippen LogP contribution in [0.25, 0.3) is 0 Å². The van der Waals surface area contributed by atoms with Gasteiger partial charge < -0.3 is 15.0 Å². The lowest BCUT2D eigenvalue weighted by Gasteiger charge is -2.22. The van der Waals surface area contributed by atoms with Crippen molar-refractivity contribution in [1.82, 2.24) is 30.1 Å². The van der Waals surface area contributed by atoms with Crippen molar-refractivity contribution in [2.24, 2.45) is 7.05 Å². The van der Waals surface area contributed by atoms with Crippen LogP contribution in [0.4, 0.5) is 4.79 Å². The third kappa shape index (κ3) is 4.95. The molecule has 1 fully saturated rings. The van der Waals surface area contributed by atoms with Crippen LogP contribution in [0.5, 0.6) is 5.75 Å². The Hall–Kier alpha value is -2.61. The number of urea groups is 1. The average molecular weight is 358 g/mol. The van der Waals surface area contributed by atoms with Crippen LogP contribution in [0, 0.1) is 0 Å². The first-order valence-corrected chi connectivity index (χ1v) is 8.87. The summed E-state index contributed by atoms with van der Waals surface area (Å²) in [5.41, 5.74) is 2.02. The minimum atomic E-state index is -0.0399. The highest BCUT2D eigenvalue weighted by molar-refractivity contribution is 5.74. The van der Waals surface area contributed by atoms with E-state index in [0.717, 1.165) is 50.6 Å². The van der Waals surface area contributed by atoms with E-state index in [1.807, 2.05) is 24.1 Å². The van der Waals surface area contributed by atoms with Crippen LogP contribution in [0.1, 0.15) is 17.7 Å². The van der Waals surface area contributed by atoms with Gasteiger partial charge in [-0.25, -0.2) is 4.79 Å². The molecular formula is C18H26N6O2. The van der Waals surface area contributed by atoms with Crippen molar-refractivity contribution in [3.63, 3.8) is 0 Å². The van der Waals surface area contributed by atoms with Crippen LogP contribution in [-0.2, 0) is 20.1 Å². The van der Waals surface area contributed by atoms with Gasteiger partial charge >= 0.3 is 6.03 Å². The molecule has 0 saturated carbocycles. The first kappa shape index (κ1) is 18.2. The highest BCUT2D eigenvalue weighted by Gasteiger charge is 2.19. The van der Waals surface area contributed by atoms with Crippen LogP contribution in [0.2, 0.25) is 0 Å². The van der Waals surface area contributed by atoms with E-state index in [1.54, 1.807) is 18.0 Å². The first-order valence-electron chi connectivity index (χ1n) is 8.87. The summed E-state index contributed by atoms with van der Waals surface area (Å²) in [5.74, 6) is 0.871. The van der Waals surface area contributed by atoms with Crippen LogP contribution < -0.4 is 10.1 Å². The van der Waals surface area contributed by atoms with Gasteiger partial charge in [0.1, 0.15) is 11.4 Å². The number of carbonyl (C=O) groups is 1. The van der Waals surface area contributed by atoms with Crippen LogP contribution in [-0.4, -0.2) is 64.1 Å². The number of methoxy groups -OCH3 is 1. The van der Waals surface area contributed by atoms with E-state index >= 15 is 0 Å². The van der Waals surface area contributed by atoms with Gasteiger partial charge in [0.05, 0.1) is 13.7 Å². The third-order valence-electron chi connectivity index (χ3n) is 4.51. The standard InChI is InChI=1S/C18H26N6O2/c1-22-14-16(20-21-22)12-19-18(25)24-9-3-8-23(10-11-24)13-15-4-6-17(26-2)7-5-15/h4-7,14H,3,8-13H2,1-2H3,(H,19,25). The SMILES string of the molecule is COc1ccc(CN2CCCN(C(=O)NCc3cn(C)nn3)CC2)cc1. The monoisotopic (exact) mass is 358 g/mol. The lowest BCUT2D eigenvalue weighted by Crippen LogP contribution is -2.41. The molecule has 8 heteroatoms. The summed E-state index contributed by atoms with van der Waals surface area (Å²) >= 11 is 0. The lowest BCUT2D eigenvalue weighted by atomic mass is 10.2. The molecule has 0 unspecified atom stereocenters. The fourth-order valence-electron chi connectivity index (χ4n) is 3.08. The minimum Gasteiger partial charge on any atom is -0.497 e. The topological polar surface area (TPSA) is 75.5 Å². The number of nitrogens with zero attached hydrogens (tertiary/aromatic N) is 5. The molecule has 2 aromatic rings. The highest BCUT2D eigenvalue weighted by atomic mass is 16.5. The molecule has 3 rings (SSSR count). The Labute approximate surface area is 153 Å². The molecule has 1 N–H and O–H groups in total. The summed E-state index contributed by atoms with van der Waals surface area (Å²) in [4.78, 5) is 16.7. The fraction of sp³-hybridized carbons (Fsp3) is 0.500. The van der Waals surface area contributed by atoms with Gasteiger partial charge in [0.15, 0.2) is 0 Å². The van der Waals surface area contributed by atoms with Crippen LogP contribution in [0.3, 0.4) is 0 Å². The van der Waals surface area contributed by atoms with Crippen molar-refractivity contribution in [2.75, 3.05) is 33.3 Å². The van der Waals surface area contributed by atoms with Gasteiger partial charge in [0.25, 0.3) is 0 Å². The van der Waals surface area contributed by atoms with Gasteiger partial charge in [-0.1, -0.05) is 17.3 Å². The van der Waals surface area contributed by atoms with E-state index in [9.17, 15) is 4.79 Å². The summed E-state index contributed by atoms with van der Waals surface area (Å²) in [6.45, 7) is 4.64.